The van der Waals surface area contributed by atoms with Crippen molar-refractivity contribution in [3.05, 3.63) is 36.1 Å². The molecule has 4 amide bonds. The Hall–Kier alpha value is -2.90. The minimum absolute atomic E-state index is 0.0602. The first kappa shape index (κ1) is 19.1. The molecule has 1 fully saturated rings. The van der Waals surface area contributed by atoms with Gasteiger partial charge in [-0.15, -0.1) is 0 Å². The van der Waals surface area contributed by atoms with E-state index >= 15 is 0 Å². The molecule has 0 atom stereocenters. The molecule has 8 nitrogen and oxygen atoms in total. The van der Waals surface area contributed by atoms with Crippen LogP contribution in [0, 0.1) is 0 Å². The number of aliphatic imine (C=N–C) groups is 1. The van der Waals surface area contributed by atoms with Gasteiger partial charge in [-0.1, -0.05) is 12.2 Å². The summed E-state index contributed by atoms with van der Waals surface area (Å²) in [4.78, 5) is 45.4. The Morgan fingerprint density at radius 3 is 1.83 bits per heavy atom. The first-order valence-corrected chi connectivity index (χ1v) is 7.24. The summed E-state index contributed by atoms with van der Waals surface area (Å²) >= 11 is 0. The molecule has 1 saturated heterocycles. The summed E-state index contributed by atoms with van der Waals surface area (Å²) in [7, 11) is 10.2. The molecule has 130 valence electrons. The van der Waals surface area contributed by atoms with Crippen molar-refractivity contribution in [2.75, 3.05) is 42.3 Å². The number of likely N-dealkylation sites (N-methyl/N-ethyl adjacent to an activating group) is 2. The highest BCUT2D eigenvalue weighted by Crippen LogP contribution is 2.14. The molecular weight excluding hydrogens is 310 g/mol. The van der Waals surface area contributed by atoms with Gasteiger partial charge in [0, 0.05) is 48.5 Å². The van der Waals surface area contributed by atoms with Crippen molar-refractivity contribution in [3.63, 3.8) is 0 Å². The lowest BCUT2D eigenvalue weighted by Gasteiger charge is -2.28. The average molecular weight is 333 g/mol. The minimum atomic E-state index is -0.639. The zero-order valence-electron chi connectivity index (χ0n) is 14.8. The number of allylic oxidation sites excluding steroid dienone is 4. The second-order valence-electron chi connectivity index (χ2n) is 5.54. The molecule has 1 aliphatic heterocycles. The van der Waals surface area contributed by atoms with E-state index in [1.165, 1.54) is 20.2 Å². The van der Waals surface area contributed by atoms with E-state index in [0.717, 1.165) is 15.8 Å². The summed E-state index contributed by atoms with van der Waals surface area (Å²) in [6.07, 6.45) is 7.88. The Morgan fingerprint density at radius 2 is 1.38 bits per heavy atom. The summed E-state index contributed by atoms with van der Waals surface area (Å²) in [5, 5.41) is 0. The number of urea groups is 1. The number of guanidine groups is 1. The van der Waals surface area contributed by atoms with Crippen molar-refractivity contribution in [1.29, 1.82) is 0 Å². The van der Waals surface area contributed by atoms with Crippen LogP contribution in [0.15, 0.2) is 41.1 Å². The van der Waals surface area contributed by atoms with Crippen LogP contribution in [0.3, 0.4) is 0 Å². The van der Waals surface area contributed by atoms with Gasteiger partial charge < -0.3 is 9.80 Å². The molecule has 8 heteroatoms. The summed E-state index contributed by atoms with van der Waals surface area (Å²) in [5.41, 5.74) is -0.0602. The third-order valence-electron chi connectivity index (χ3n) is 3.21. The van der Waals surface area contributed by atoms with Crippen molar-refractivity contribution >= 4 is 23.8 Å². The fraction of sp³-hybridized carbons (Fsp3) is 0.375. The Labute approximate surface area is 142 Å². The van der Waals surface area contributed by atoms with Crippen molar-refractivity contribution < 1.29 is 14.4 Å². The molecule has 0 saturated carbocycles. The van der Waals surface area contributed by atoms with Crippen LogP contribution in [0.1, 0.15) is 0 Å². The van der Waals surface area contributed by atoms with Crippen molar-refractivity contribution in [1.82, 2.24) is 19.6 Å². The third-order valence-corrected chi connectivity index (χ3v) is 3.21. The Balaban J connectivity index is 2.84. The van der Waals surface area contributed by atoms with Gasteiger partial charge in [-0.3, -0.25) is 19.4 Å². The topological polar surface area (TPSA) is 76.5 Å². The molecule has 0 aromatic rings. The normalized spacial score (nSPS) is 15.6. The van der Waals surface area contributed by atoms with Gasteiger partial charge in [0.2, 0.25) is 0 Å². The van der Waals surface area contributed by atoms with Gasteiger partial charge in [-0.2, -0.15) is 0 Å². The van der Waals surface area contributed by atoms with Crippen LogP contribution in [-0.4, -0.2) is 85.7 Å². The quantitative estimate of drug-likeness (QED) is 0.247. The average Bonchev–Trinajstić information content (AvgIpc) is 2.52. The van der Waals surface area contributed by atoms with Crippen LogP contribution in [0.25, 0.3) is 0 Å². The van der Waals surface area contributed by atoms with Crippen molar-refractivity contribution in [2.45, 2.75) is 0 Å². The Morgan fingerprint density at radius 1 is 0.875 bits per heavy atom. The number of carbonyl (C=O) groups excluding carboxylic acids is 3. The van der Waals surface area contributed by atoms with Gasteiger partial charge in [-0.05, 0) is 12.2 Å². The summed E-state index contributed by atoms with van der Waals surface area (Å²) in [6.45, 7) is 0. The van der Waals surface area contributed by atoms with Crippen molar-refractivity contribution in [3.8, 4) is 0 Å². The molecule has 0 aromatic heterocycles. The number of carbonyl (C=O) groups is 3. The summed E-state index contributed by atoms with van der Waals surface area (Å²) in [6, 6.07) is -0.639. The molecule has 1 rings (SSSR count). The minimum Gasteiger partial charge on any atom is -0.349 e. The fourth-order valence-corrected chi connectivity index (χ4v) is 2.00. The highest BCUT2D eigenvalue weighted by Gasteiger charge is 2.37. The van der Waals surface area contributed by atoms with Crippen LogP contribution >= 0.6 is 0 Å². The van der Waals surface area contributed by atoms with Gasteiger partial charge >= 0.3 is 6.03 Å². The molecule has 0 spiro atoms. The molecular formula is C16H23N5O3. The Kier molecular flexibility index (Phi) is 6.46. The largest absolute Gasteiger partial charge is 0.349 e. The number of imide groups is 2. The van der Waals surface area contributed by atoms with Gasteiger partial charge in [-0.25, -0.2) is 9.79 Å². The van der Waals surface area contributed by atoms with Gasteiger partial charge in [0.1, 0.15) is 5.57 Å². The Bertz CT molecular complexity index is 608. The van der Waals surface area contributed by atoms with E-state index in [4.69, 9.17) is 0 Å². The first-order chi connectivity index (χ1) is 11.2. The number of nitrogens with zero attached hydrogens (tertiary/aromatic N) is 5. The zero-order chi connectivity index (χ0) is 18.4. The van der Waals surface area contributed by atoms with Crippen molar-refractivity contribution in [2.24, 2.45) is 4.99 Å². The lowest BCUT2D eigenvalue weighted by atomic mass is 10.1. The summed E-state index contributed by atoms with van der Waals surface area (Å²) < 4.78 is 0. The maximum atomic E-state index is 12.0. The molecule has 1 aliphatic rings. The first-order valence-electron chi connectivity index (χ1n) is 7.24. The number of rotatable bonds is 3. The monoisotopic (exact) mass is 333 g/mol. The number of amides is 4. The third kappa shape index (κ3) is 4.31. The van der Waals surface area contributed by atoms with Gasteiger partial charge in [0.15, 0.2) is 5.96 Å². The zero-order valence-corrected chi connectivity index (χ0v) is 14.8. The number of hydrogen-bond donors (Lipinski definition) is 0. The van der Waals surface area contributed by atoms with E-state index in [1.54, 1.807) is 24.4 Å². The smallest absolute Gasteiger partial charge is 0.333 e. The molecule has 24 heavy (non-hydrogen) atoms. The lowest BCUT2D eigenvalue weighted by molar-refractivity contribution is -0.134. The van der Waals surface area contributed by atoms with Crippen LogP contribution < -0.4 is 0 Å². The predicted octanol–water partition coefficient (Wildman–Crippen LogP) is 0.512. The van der Waals surface area contributed by atoms with E-state index < -0.39 is 17.8 Å². The fourth-order valence-electron chi connectivity index (χ4n) is 2.00. The molecule has 0 radical (unpaired) electrons. The predicted molar refractivity (Wildman–Crippen MR) is 92.1 cm³/mol. The molecule has 0 bridgehead atoms. The molecule has 1 heterocycles. The van der Waals surface area contributed by atoms with E-state index in [9.17, 15) is 14.4 Å². The molecule has 0 aliphatic carbocycles. The van der Waals surface area contributed by atoms with Gasteiger partial charge in [0.05, 0.1) is 0 Å². The second kappa shape index (κ2) is 8.09. The summed E-state index contributed by atoms with van der Waals surface area (Å²) in [5.74, 6) is -0.452. The van der Waals surface area contributed by atoms with E-state index in [1.807, 2.05) is 38.0 Å². The molecule has 0 aromatic carbocycles. The van der Waals surface area contributed by atoms with Crippen LogP contribution in [0.4, 0.5) is 4.79 Å². The highest BCUT2D eigenvalue weighted by atomic mass is 16.2. The second-order valence-corrected chi connectivity index (χ2v) is 5.54. The van der Waals surface area contributed by atoms with Crippen LogP contribution in [-0.2, 0) is 9.59 Å². The number of barbiturate groups is 1. The van der Waals surface area contributed by atoms with E-state index in [2.05, 4.69) is 4.99 Å². The lowest BCUT2D eigenvalue weighted by Crippen LogP contribution is -2.52. The maximum absolute atomic E-state index is 12.0. The van der Waals surface area contributed by atoms with Crippen LogP contribution in [0.5, 0.6) is 0 Å². The SMILES string of the molecule is CN(C)C(=N/C=C/C=C/C=C1C(=O)N(C)C(=O)N(C)C1=O)N(C)C. The standard InChI is InChI=1S/C16H23N5O3/c1-18(2)15(19(3)4)17-11-9-7-8-10-12-13(22)20(5)16(24)21(6)14(12)23/h7-11H,1-6H3/b8-7+,11-9+. The highest BCUT2D eigenvalue weighted by molar-refractivity contribution is 6.28. The van der Waals surface area contributed by atoms with Crippen LogP contribution in [0.2, 0.25) is 0 Å². The molecule has 0 unspecified atom stereocenters. The number of hydrogen-bond acceptors (Lipinski definition) is 4. The maximum Gasteiger partial charge on any atom is 0.333 e. The molecule has 0 N–H and O–H groups in total. The van der Waals surface area contributed by atoms with E-state index in [-0.39, 0.29) is 5.57 Å². The van der Waals surface area contributed by atoms with Gasteiger partial charge in [0.25, 0.3) is 11.8 Å². The van der Waals surface area contributed by atoms with E-state index in [0.29, 0.717) is 0 Å².